The summed E-state index contributed by atoms with van der Waals surface area (Å²) in [6, 6.07) is 6.67. The molecule has 0 spiro atoms. The molecule has 1 N–H and O–H groups in total. The number of aliphatic carboxylic acids is 1. The Labute approximate surface area is 92.9 Å². The number of hydrogen-bond donors (Lipinski definition) is 1. The SMILES string of the molecule is O=C(O)Cc1cccc(C2(F)CCOC2)c1. The van der Waals surface area contributed by atoms with Gasteiger partial charge >= 0.3 is 5.97 Å². The smallest absolute Gasteiger partial charge is 0.307 e. The van der Waals surface area contributed by atoms with Gasteiger partial charge in [-0.15, -0.1) is 0 Å². The summed E-state index contributed by atoms with van der Waals surface area (Å²) in [6.45, 7) is 0.475. The third-order valence-electron chi connectivity index (χ3n) is 2.77. The van der Waals surface area contributed by atoms with Crippen LogP contribution in [-0.4, -0.2) is 24.3 Å². The third-order valence-corrected chi connectivity index (χ3v) is 2.77. The van der Waals surface area contributed by atoms with Gasteiger partial charge in [-0.2, -0.15) is 0 Å². The lowest BCUT2D eigenvalue weighted by Crippen LogP contribution is -2.20. The first-order valence-electron chi connectivity index (χ1n) is 5.18. The average Bonchev–Trinajstić information content (AvgIpc) is 2.66. The van der Waals surface area contributed by atoms with Gasteiger partial charge in [0.25, 0.3) is 0 Å². The molecule has 0 aromatic heterocycles. The molecular weight excluding hydrogens is 211 g/mol. The molecular formula is C12H13FO3. The predicted octanol–water partition coefficient (Wildman–Crippen LogP) is 1.90. The van der Waals surface area contributed by atoms with E-state index in [-0.39, 0.29) is 13.0 Å². The van der Waals surface area contributed by atoms with Gasteiger partial charge in [-0.25, -0.2) is 4.39 Å². The Bertz CT molecular complexity index is 397. The monoisotopic (exact) mass is 224 g/mol. The fourth-order valence-electron chi connectivity index (χ4n) is 1.90. The topological polar surface area (TPSA) is 46.5 Å². The van der Waals surface area contributed by atoms with Crippen LogP contribution in [0.4, 0.5) is 4.39 Å². The summed E-state index contributed by atoms with van der Waals surface area (Å²) in [7, 11) is 0. The van der Waals surface area contributed by atoms with Crippen molar-refractivity contribution in [2.24, 2.45) is 0 Å². The van der Waals surface area contributed by atoms with E-state index in [0.717, 1.165) is 0 Å². The van der Waals surface area contributed by atoms with E-state index in [0.29, 0.717) is 24.2 Å². The normalized spacial score (nSPS) is 24.6. The molecule has 0 bridgehead atoms. The highest BCUT2D eigenvalue weighted by molar-refractivity contribution is 5.70. The second kappa shape index (κ2) is 4.22. The minimum atomic E-state index is -1.45. The van der Waals surface area contributed by atoms with E-state index in [4.69, 9.17) is 9.84 Å². The summed E-state index contributed by atoms with van der Waals surface area (Å²) in [6.07, 6.45) is 0.258. The Morgan fingerprint density at radius 2 is 2.38 bits per heavy atom. The number of carboxylic acids is 1. The standard InChI is InChI=1S/C12H13FO3/c13-12(4-5-16-8-12)10-3-1-2-9(6-10)7-11(14)15/h1-3,6H,4-5,7-8H2,(H,14,15). The van der Waals surface area contributed by atoms with Gasteiger partial charge in [-0.1, -0.05) is 24.3 Å². The average molecular weight is 224 g/mol. The van der Waals surface area contributed by atoms with Crippen LogP contribution in [0.5, 0.6) is 0 Å². The molecule has 0 aliphatic carbocycles. The fraction of sp³-hybridized carbons (Fsp3) is 0.417. The van der Waals surface area contributed by atoms with Crippen LogP contribution in [0.3, 0.4) is 0 Å². The molecule has 4 heteroatoms. The Morgan fingerprint density at radius 1 is 1.56 bits per heavy atom. The summed E-state index contributed by atoms with van der Waals surface area (Å²) in [5, 5.41) is 8.67. The molecule has 1 saturated heterocycles. The Balaban J connectivity index is 2.24. The van der Waals surface area contributed by atoms with Gasteiger partial charge in [0.05, 0.1) is 19.6 Å². The summed E-state index contributed by atoms with van der Waals surface area (Å²) in [5.41, 5.74) is -0.313. The maximum atomic E-state index is 14.3. The molecule has 3 nitrogen and oxygen atoms in total. The van der Waals surface area contributed by atoms with Crippen LogP contribution in [0.25, 0.3) is 0 Å². The maximum Gasteiger partial charge on any atom is 0.307 e. The molecule has 0 radical (unpaired) electrons. The van der Waals surface area contributed by atoms with Gasteiger partial charge in [0, 0.05) is 6.42 Å². The first-order valence-corrected chi connectivity index (χ1v) is 5.18. The molecule has 1 aromatic carbocycles. The lowest BCUT2D eigenvalue weighted by molar-refractivity contribution is -0.136. The third kappa shape index (κ3) is 2.22. The van der Waals surface area contributed by atoms with Crippen LogP contribution >= 0.6 is 0 Å². The van der Waals surface area contributed by atoms with Gasteiger partial charge in [0.2, 0.25) is 0 Å². The maximum absolute atomic E-state index is 14.3. The van der Waals surface area contributed by atoms with Crippen molar-refractivity contribution in [2.45, 2.75) is 18.5 Å². The molecule has 16 heavy (non-hydrogen) atoms. The number of rotatable bonds is 3. The van der Waals surface area contributed by atoms with Crippen molar-refractivity contribution < 1.29 is 19.0 Å². The summed E-state index contributed by atoms with van der Waals surface area (Å²) < 4.78 is 19.3. The van der Waals surface area contributed by atoms with Gasteiger partial charge in [-0.3, -0.25) is 4.79 Å². The minimum Gasteiger partial charge on any atom is -0.481 e. The van der Waals surface area contributed by atoms with Crippen LogP contribution in [0.2, 0.25) is 0 Å². The van der Waals surface area contributed by atoms with Crippen LogP contribution in [0.1, 0.15) is 17.5 Å². The lowest BCUT2D eigenvalue weighted by atomic mass is 9.93. The van der Waals surface area contributed by atoms with Gasteiger partial charge in [0.1, 0.15) is 0 Å². The van der Waals surface area contributed by atoms with Crippen molar-refractivity contribution in [2.75, 3.05) is 13.2 Å². The van der Waals surface area contributed by atoms with E-state index in [1.54, 1.807) is 24.3 Å². The largest absolute Gasteiger partial charge is 0.481 e. The highest BCUT2D eigenvalue weighted by Crippen LogP contribution is 2.34. The van der Waals surface area contributed by atoms with Crippen LogP contribution in [-0.2, 0) is 21.6 Å². The molecule has 1 aromatic rings. The molecule has 1 heterocycles. The zero-order chi connectivity index (χ0) is 11.6. The number of carbonyl (C=O) groups is 1. The molecule has 0 saturated carbocycles. The Morgan fingerprint density at radius 3 is 3.00 bits per heavy atom. The Kier molecular flexibility index (Phi) is 2.92. The van der Waals surface area contributed by atoms with Crippen molar-refractivity contribution in [1.82, 2.24) is 0 Å². The molecule has 1 unspecified atom stereocenters. The molecule has 1 fully saturated rings. The molecule has 1 aliphatic heterocycles. The highest BCUT2D eigenvalue weighted by Gasteiger charge is 2.36. The van der Waals surface area contributed by atoms with Crippen molar-refractivity contribution in [1.29, 1.82) is 0 Å². The number of benzene rings is 1. The van der Waals surface area contributed by atoms with Crippen LogP contribution in [0.15, 0.2) is 24.3 Å². The van der Waals surface area contributed by atoms with Gasteiger partial charge < -0.3 is 9.84 Å². The number of ether oxygens (including phenoxy) is 1. The molecule has 2 rings (SSSR count). The Hall–Kier alpha value is -1.42. The van der Waals surface area contributed by atoms with Crippen molar-refractivity contribution in [3.8, 4) is 0 Å². The first-order chi connectivity index (χ1) is 7.60. The predicted molar refractivity (Wildman–Crippen MR) is 56.0 cm³/mol. The van der Waals surface area contributed by atoms with Crippen molar-refractivity contribution in [3.63, 3.8) is 0 Å². The van der Waals surface area contributed by atoms with E-state index in [2.05, 4.69) is 0 Å². The van der Waals surface area contributed by atoms with E-state index in [1.807, 2.05) is 0 Å². The van der Waals surface area contributed by atoms with E-state index >= 15 is 0 Å². The van der Waals surface area contributed by atoms with Gasteiger partial charge in [-0.05, 0) is 11.1 Å². The zero-order valence-corrected chi connectivity index (χ0v) is 8.78. The number of hydrogen-bond acceptors (Lipinski definition) is 2. The summed E-state index contributed by atoms with van der Waals surface area (Å²) >= 11 is 0. The summed E-state index contributed by atoms with van der Waals surface area (Å²) in [4.78, 5) is 10.6. The van der Waals surface area contributed by atoms with E-state index in [1.165, 1.54) is 0 Å². The first kappa shape index (κ1) is 11.1. The fourth-order valence-corrected chi connectivity index (χ4v) is 1.90. The quantitative estimate of drug-likeness (QED) is 0.852. The molecule has 1 atom stereocenters. The highest BCUT2D eigenvalue weighted by atomic mass is 19.1. The summed E-state index contributed by atoms with van der Waals surface area (Å²) in [5.74, 6) is -0.910. The van der Waals surface area contributed by atoms with Crippen LogP contribution in [0, 0.1) is 0 Å². The van der Waals surface area contributed by atoms with E-state index < -0.39 is 11.6 Å². The number of halogens is 1. The number of carboxylic acid groups (broad SMARTS) is 1. The zero-order valence-electron chi connectivity index (χ0n) is 8.78. The van der Waals surface area contributed by atoms with E-state index in [9.17, 15) is 9.18 Å². The second-order valence-electron chi connectivity index (χ2n) is 4.04. The van der Waals surface area contributed by atoms with Crippen molar-refractivity contribution in [3.05, 3.63) is 35.4 Å². The number of alkyl halides is 1. The second-order valence-corrected chi connectivity index (χ2v) is 4.04. The molecule has 86 valence electrons. The minimum absolute atomic E-state index is 0.0591. The molecule has 1 aliphatic rings. The van der Waals surface area contributed by atoms with Crippen LogP contribution < -0.4 is 0 Å². The lowest BCUT2D eigenvalue weighted by Gasteiger charge is -2.18. The van der Waals surface area contributed by atoms with Gasteiger partial charge in [0.15, 0.2) is 5.67 Å². The van der Waals surface area contributed by atoms with Crippen molar-refractivity contribution >= 4 is 5.97 Å². The molecule has 0 amide bonds.